The quantitative estimate of drug-likeness (QED) is 0.518. The Morgan fingerprint density at radius 1 is 1.03 bits per heavy atom. The van der Waals surface area contributed by atoms with Crippen LogP contribution in [-0.4, -0.2) is 26.9 Å². The van der Waals surface area contributed by atoms with Crippen molar-refractivity contribution in [1.29, 1.82) is 0 Å². The molecule has 0 spiro atoms. The number of rotatable bonds is 8. The van der Waals surface area contributed by atoms with E-state index in [0.29, 0.717) is 17.0 Å². The van der Waals surface area contributed by atoms with Gasteiger partial charge in [0.15, 0.2) is 6.61 Å². The summed E-state index contributed by atoms with van der Waals surface area (Å²) in [6, 6.07) is 14.4. The van der Waals surface area contributed by atoms with Gasteiger partial charge in [0.25, 0.3) is 15.9 Å². The summed E-state index contributed by atoms with van der Waals surface area (Å²) in [6.45, 7) is 3.21. The van der Waals surface area contributed by atoms with Gasteiger partial charge in [-0.05, 0) is 55.8 Å². The highest BCUT2D eigenvalue weighted by Gasteiger charge is 2.20. The smallest absolute Gasteiger partial charge is 0.338 e. The number of nitrogens with one attached hydrogen (secondary N) is 2. The Balaban J connectivity index is 1.65. The van der Waals surface area contributed by atoms with Gasteiger partial charge in [-0.25, -0.2) is 13.2 Å². The minimum absolute atomic E-state index is 0.0608. The Bertz CT molecular complexity index is 1170. The summed E-state index contributed by atoms with van der Waals surface area (Å²) >= 11 is 0. The number of furan rings is 1. The van der Waals surface area contributed by atoms with Gasteiger partial charge in [-0.3, -0.25) is 9.52 Å². The Morgan fingerprint density at radius 2 is 1.77 bits per heavy atom. The number of benzene rings is 2. The molecule has 3 aromatic rings. The molecule has 1 amide bonds. The van der Waals surface area contributed by atoms with E-state index < -0.39 is 28.5 Å². The Hall–Kier alpha value is -3.59. The van der Waals surface area contributed by atoms with Crippen LogP contribution in [0.4, 0.5) is 5.69 Å². The lowest BCUT2D eigenvalue weighted by Crippen LogP contribution is -2.28. The fourth-order valence-corrected chi connectivity index (χ4v) is 3.77. The van der Waals surface area contributed by atoms with Crippen molar-refractivity contribution in [2.45, 2.75) is 25.3 Å². The molecule has 1 heterocycles. The van der Waals surface area contributed by atoms with E-state index in [4.69, 9.17) is 9.15 Å². The number of hydrogen-bond donors (Lipinski definition) is 2. The normalized spacial score (nSPS) is 11.0. The summed E-state index contributed by atoms with van der Waals surface area (Å²) in [5.41, 5.74) is 1.99. The lowest BCUT2D eigenvalue weighted by Gasteiger charge is -2.11. The molecule has 0 aliphatic heterocycles. The van der Waals surface area contributed by atoms with Crippen molar-refractivity contribution in [2.75, 3.05) is 11.3 Å². The van der Waals surface area contributed by atoms with Crippen LogP contribution >= 0.6 is 0 Å². The molecule has 162 valence electrons. The third kappa shape index (κ3) is 5.95. The number of carbonyl (C=O) groups excluding carboxylic acids is 2. The van der Waals surface area contributed by atoms with Crippen LogP contribution in [0.3, 0.4) is 0 Å². The van der Waals surface area contributed by atoms with E-state index in [0.717, 1.165) is 5.56 Å². The van der Waals surface area contributed by atoms with Gasteiger partial charge in [0.1, 0.15) is 5.76 Å². The molecule has 0 radical (unpaired) electrons. The SMILES string of the molecule is Cc1ccc(NS(=O)(=O)c2ccc(C)c(C(=O)OCC(=O)NCc3ccco3)c2)cc1. The lowest BCUT2D eigenvalue weighted by atomic mass is 10.1. The van der Waals surface area contributed by atoms with Gasteiger partial charge >= 0.3 is 5.97 Å². The second kappa shape index (κ2) is 9.48. The van der Waals surface area contributed by atoms with Crippen molar-refractivity contribution in [3.8, 4) is 0 Å². The van der Waals surface area contributed by atoms with Gasteiger partial charge in [-0.15, -0.1) is 0 Å². The van der Waals surface area contributed by atoms with Crippen molar-refractivity contribution in [2.24, 2.45) is 0 Å². The fourth-order valence-electron chi connectivity index (χ4n) is 2.68. The maximum atomic E-state index is 12.7. The number of aryl methyl sites for hydroxylation is 2. The zero-order valence-corrected chi connectivity index (χ0v) is 17.9. The number of esters is 1. The first-order chi connectivity index (χ1) is 14.7. The molecule has 0 aliphatic carbocycles. The number of amides is 1. The molecule has 0 atom stereocenters. The van der Waals surface area contributed by atoms with Crippen molar-refractivity contribution >= 4 is 27.6 Å². The molecule has 0 aliphatic rings. The van der Waals surface area contributed by atoms with Crippen molar-refractivity contribution < 1.29 is 27.2 Å². The second-order valence-electron chi connectivity index (χ2n) is 6.88. The molecule has 3 rings (SSSR count). The first kappa shape index (κ1) is 22.1. The summed E-state index contributed by atoms with van der Waals surface area (Å²) in [4.78, 5) is 24.2. The number of sulfonamides is 1. The number of ether oxygens (including phenoxy) is 1. The molecule has 8 nitrogen and oxygen atoms in total. The summed E-state index contributed by atoms with van der Waals surface area (Å²) in [6.07, 6.45) is 1.49. The van der Waals surface area contributed by atoms with Crippen LogP contribution in [0.5, 0.6) is 0 Å². The van der Waals surface area contributed by atoms with Crippen molar-refractivity contribution in [1.82, 2.24) is 5.32 Å². The molecule has 0 unspecified atom stereocenters. The van der Waals surface area contributed by atoms with E-state index in [-0.39, 0.29) is 17.0 Å². The molecule has 1 aromatic heterocycles. The van der Waals surface area contributed by atoms with Crippen LogP contribution in [0, 0.1) is 13.8 Å². The molecular weight excluding hydrogens is 420 g/mol. The average molecular weight is 442 g/mol. The minimum atomic E-state index is -3.91. The Labute approximate surface area is 180 Å². The zero-order valence-electron chi connectivity index (χ0n) is 17.0. The van der Waals surface area contributed by atoms with Gasteiger partial charge in [0.05, 0.1) is 23.3 Å². The molecule has 0 bridgehead atoms. The highest BCUT2D eigenvalue weighted by Crippen LogP contribution is 2.20. The summed E-state index contributed by atoms with van der Waals surface area (Å²) in [5, 5.41) is 2.56. The molecule has 0 fully saturated rings. The van der Waals surface area contributed by atoms with Crippen LogP contribution in [0.2, 0.25) is 0 Å². The van der Waals surface area contributed by atoms with Gasteiger partial charge in [0.2, 0.25) is 0 Å². The summed E-state index contributed by atoms with van der Waals surface area (Å²) < 4.78 is 38.0. The Kier molecular flexibility index (Phi) is 6.76. The number of anilines is 1. The van der Waals surface area contributed by atoms with Crippen LogP contribution in [0.15, 0.2) is 70.2 Å². The van der Waals surface area contributed by atoms with Crippen molar-refractivity contribution in [3.63, 3.8) is 0 Å². The van der Waals surface area contributed by atoms with E-state index in [9.17, 15) is 18.0 Å². The van der Waals surface area contributed by atoms with E-state index in [2.05, 4.69) is 10.0 Å². The highest BCUT2D eigenvalue weighted by molar-refractivity contribution is 7.92. The van der Waals surface area contributed by atoms with E-state index in [1.54, 1.807) is 43.3 Å². The fraction of sp³-hybridized carbons (Fsp3) is 0.182. The molecule has 31 heavy (non-hydrogen) atoms. The molecule has 0 saturated carbocycles. The maximum absolute atomic E-state index is 12.7. The van der Waals surface area contributed by atoms with Crippen LogP contribution in [-0.2, 0) is 26.1 Å². The maximum Gasteiger partial charge on any atom is 0.338 e. The average Bonchev–Trinajstić information content (AvgIpc) is 3.26. The van der Waals surface area contributed by atoms with Gasteiger partial charge in [0, 0.05) is 5.69 Å². The van der Waals surface area contributed by atoms with E-state index in [1.807, 2.05) is 6.92 Å². The third-order valence-electron chi connectivity index (χ3n) is 4.42. The monoisotopic (exact) mass is 442 g/mol. The number of hydrogen-bond acceptors (Lipinski definition) is 6. The zero-order chi connectivity index (χ0) is 22.4. The minimum Gasteiger partial charge on any atom is -0.467 e. The summed E-state index contributed by atoms with van der Waals surface area (Å²) in [5.74, 6) is -0.736. The van der Waals surface area contributed by atoms with Crippen LogP contribution in [0.25, 0.3) is 0 Å². The molecular formula is C22H22N2O6S. The first-order valence-electron chi connectivity index (χ1n) is 9.41. The second-order valence-corrected chi connectivity index (χ2v) is 8.56. The highest BCUT2D eigenvalue weighted by atomic mass is 32.2. The van der Waals surface area contributed by atoms with Gasteiger partial charge < -0.3 is 14.5 Å². The lowest BCUT2D eigenvalue weighted by molar-refractivity contribution is -0.124. The molecule has 2 aromatic carbocycles. The standard InChI is InChI=1S/C22H22N2O6S/c1-15-5-8-17(9-6-15)24-31(27,28)19-10-7-16(2)20(12-19)22(26)30-14-21(25)23-13-18-4-3-11-29-18/h3-12,24H,13-14H2,1-2H3,(H,23,25). The summed E-state index contributed by atoms with van der Waals surface area (Å²) in [7, 11) is -3.91. The Morgan fingerprint density at radius 3 is 2.45 bits per heavy atom. The van der Waals surface area contributed by atoms with E-state index in [1.165, 1.54) is 24.5 Å². The van der Waals surface area contributed by atoms with Gasteiger partial charge in [-0.2, -0.15) is 0 Å². The third-order valence-corrected chi connectivity index (χ3v) is 5.80. The van der Waals surface area contributed by atoms with Gasteiger partial charge in [-0.1, -0.05) is 23.8 Å². The predicted octanol–water partition coefficient (Wildman–Crippen LogP) is 3.17. The predicted molar refractivity (Wildman–Crippen MR) is 114 cm³/mol. The van der Waals surface area contributed by atoms with Crippen LogP contribution in [0.1, 0.15) is 27.2 Å². The first-order valence-corrected chi connectivity index (χ1v) is 10.9. The van der Waals surface area contributed by atoms with Crippen LogP contribution < -0.4 is 10.0 Å². The number of carbonyl (C=O) groups is 2. The largest absolute Gasteiger partial charge is 0.467 e. The molecule has 0 saturated heterocycles. The van der Waals surface area contributed by atoms with E-state index >= 15 is 0 Å². The van der Waals surface area contributed by atoms with Crippen molar-refractivity contribution in [3.05, 3.63) is 83.3 Å². The molecule has 9 heteroatoms. The topological polar surface area (TPSA) is 115 Å². The molecule has 2 N–H and O–H groups in total.